The maximum Gasteiger partial charge on any atom is 0.234 e. The number of ether oxygens (including phenoxy) is 1. The van der Waals surface area contributed by atoms with Gasteiger partial charge in [0.1, 0.15) is 5.75 Å². The van der Waals surface area contributed by atoms with Gasteiger partial charge in [0.2, 0.25) is 5.91 Å². The number of hydrogen-bond donors (Lipinski definition) is 2. The summed E-state index contributed by atoms with van der Waals surface area (Å²) in [5.41, 5.74) is 2.15. The van der Waals surface area contributed by atoms with Gasteiger partial charge in [0, 0.05) is 11.6 Å². The molecule has 0 saturated carbocycles. The number of amides is 1. The molecule has 2 rings (SSSR count). The molecule has 0 unspecified atom stereocenters. The van der Waals surface area contributed by atoms with Gasteiger partial charge >= 0.3 is 0 Å². The minimum absolute atomic E-state index is 0.0278. The van der Waals surface area contributed by atoms with E-state index in [4.69, 9.17) is 16.3 Å². The molecule has 0 bridgehead atoms. The van der Waals surface area contributed by atoms with E-state index in [9.17, 15) is 4.79 Å². The SMILES string of the molecule is COc1ccccc1CCNCC(=O)NCc1ccc(Cl)cc1. The molecule has 0 saturated heterocycles. The summed E-state index contributed by atoms with van der Waals surface area (Å²) in [5.74, 6) is 0.849. The van der Waals surface area contributed by atoms with Crippen LogP contribution >= 0.6 is 11.6 Å². The van der Waals surface area contributed by atoms with Crippen LogP contribution in [-0.2, 0) is 17.8 Å². The molecule has 4 nitrogen and oxygen atoms in total. The van der Waals surface area contributed by atoms with Crippen LogP contribution in [0.5, 0.6) is 5.75 Å². The molecule has 2 aromatic rings. The third-order valence-corrected chi connectivity index (χ3v) is 3.70. The van der Waals surface area contributed by atoms with Crippen LogP contribution < -0.4 is 15.4 Å². The van der Waals surface area contributed by atoms with Crippen molar-refractivity contribution in [2.24, 2.45) is 0 Å². The van der Waals surface area contributed by atoms with E-state index in [-0.39, 0.29) is 5.91 Å². The number of nitrogens with one attached hydrogen (secondary N) is 2. The summed E-state index contributed by atoms with van der Waals surface area (Å²) in [5, 5.41) is 6.70. The summed E-state index contributed by atoms with van der Waals surface area (Å²) in [6.07, 6.45) is 0.814. The Morgan fingerprint density at radius 1 is 1.13 bits per heavy atom. The van der Waals surface area contributed by atoms with E-state index in [0.717, 1.165) is 29.8 Å². The Labute approximate surface area is 141 Å². The summed E-state index contributed by atoms with van der Waals surface area (Å²) in [7, 11) is 1.66. The molecule has 0 atom stereocenters. The molecule has 0 aliphatic heterocycles. The van der Waals surface area contributed by atoms with Gasteiger partial charge in [-0.3, -0.25) is 4.79 Å². The maximum absolute atomic E-state index is 11.8. The molecule has 2 N–H and O–H groups in total. The first kappa shape index (κ1) is 17.3. The molecule has 0 aliphatic carbocycles. The Morgan fingerprint density at radius 2 is 1.87 bits per heavy atom. The van der Waals surface area contributed by atoms with Crippen LogP contribution in [0.1, 0.15) is 11.1 Å². The zero-order valence-electron chi connectivity index (χ0n) is 13.1. The highest BCUT2D eigenvalue weighted by molar-refractivity contribution is 6.30. The van der Waals surface area contributed by atoms with Gasteiger partial charge in [-0.05, 0) is 42.3 Å². The van der Waals surface area contributed by atoms with E-state index >= 15 is 0 Å². The summed E-state index contributed by atoms with van der Waals surface area (Å²) in [6, 6.07) is 15.3. The second kappa shape index (κ2) is 9.18. The van der Waals surface area contributed by atoms with Gasteiger partial charge in [-0.15, -0.1) is 0 Å². The molecule has 0 radical (unpaired) electrons. The first-order valence-electron chi connectivity index (χ1n) is 7.53. The van der Waals surface area contributed by atoms with Gasteiger partial charge in [0.15, 0.2) is 0 Å². The molecule has 0 aromatic heterocycles. The van der Waals surface area contributed by atoms with Gasteiger partial charge in [-0.2, -0.15) is 0 Å². The fourth-order valence-electron chi connectivity index (χ4n) is 2.20. The monoisotopic (exact) mass is 332 g/mol. The number of para-hydroxylation sites is 1. The lowest BCUT2D eigenvalue weighted by Crippen LogP contribution is -2.34. The zero-order chi connectivity index (χ0) is 16.5. The normalized spacial score (nSPS) is 10.3. The fourth-order valence-corrected chi connectivity index (χ4v) is 2.33. The molecule has 1 amide bonds. The Hall–Kier alpha value is -2.04. The molecular weight excluding hydrogens is 312 g/mol. The van der Waals surface area contributed by atoms with Crippen molar-refractivity contribution in [1.29, 1.82) is 0 Å². The third kappa shape index (κ3) is 5.93. The maximum atomic E-state index is 11.8. The van der Waals surface area contributed by atoms with Crippen molar-refractivity contribution < 1.29 is 9.53 Å². The smallest absolute Gasteiger partial charge is 0.234 e. The van der Waals surface area contributed by atoms with E-state index in [1.165, 1.54) is 0 Å². The predicted molar refractivity (Wildman–Crippen MR) is 92.9 cm³/mol. The van der Waals surface area contributed by atoms with Gasteiger partial charge in [0.25, 0.3) is 0 Å². The molecule has 23 heavy (non-hydrogen) atoms. The first-order chi connectivity index (χ1) is 11.2. The highest BCUT2D eigenvalue weighted by Crippen LogP contribution is 2.17. The van der Waals surface area contributed by atoms with Crippen LogP contribution in [0.3, 0.4) is 0 Å². The lowest BCUT2D eigenvalue weighted by Gasteiger charge is -2.09. The van der Waals surface area contributed by atoms with Crippen LogP contribution in [0, 0.1) is 0 Å². The Balaban J connectivity index is 1.66. The van der Waals surface area contributed by atoms with Gasteiger partial charge in [-0.25, -0.2) is 0 Å². The molecule has 0 spiro atoms. The number of rotatable bonds is 8. The standard InChI is InChI=1S/C18H21ClN2O2/c1-23-17-5-3-2-4-15(17)10-11-20-13-18(22)21-12-14-6-8-16(19)9-7-14/h2-9,20H,10-13H2,1H3,(H,21,22). The molecule has 2 aromatic carbocycles. The number of hydrogen-bond acceptors (Lipinski definition) is 3. The highest BCUT2D eigenvalue weighted by Gasteiger charge is 2.03. The summed E-state index contributed by atoms with van der Waals surface area (Å²) < 4.78 is 5.30. The Kier molecular flexibility index (Phi) is 6.91. The minimum Gasteiger partial charge on any atom is -0.496 e. The van der Waals surface area contributed by atoms with E-state index < -0.39 is 0 Å². The van der Waals surface area contributed by atoms with Crippen molar-refractivity contribution in [3.05, 3.63) is 64.7 Å². The molecule has 0 heterocycles. The highest BCUT2D eigenvalue weighted by atomic mass is 35.5. The molecular formula is C18H21ClN2O2. The lowest BCUT2D eigenvalue weighted by molar-refractivity contribution is -0.120. The predicted octanol–water partition coefficient (Wildman–Crippen LogP) is 2.80. The average Bonchev–Trinajstić information content (AvgIpc) is 2.58. The Morgan fingerprint density at radius 3 is 2.61 bits per heavy atom. The van der Waals surface area contributed by atoms with Crippen molar-refractivity contribution in [3.8, 4) is 5.75 Å². The minimum atomic E-state index is -0.0278. The number of carbonyl (C=O) groups is 1. The van der Waals surface area contributed by atoms with E-state index in [2.05, 4.69) is 10.6 Å². The van der Waals surface area contributed by atoms with Crippen LogP contribution in [0.15, 0.2) is 48.5 Å². The second-order valence-corrected chi connectivity index (χ2v) is 5.58. The summed E-state index contributed by atoms with van der Waals surface area (Å²) in [6.45, 7) is 1.52. The van der Waals surface area contributed by atoms with Crippen LogP contribution in [0.4, 0.5) is 0 Å². The number of methoxy groups -OCH3 is 1. The van der Waals surface area contributed by atoms with Crippen molar-refractivity contribution in [2.75, 3.05) is 20.2 Å². The summed E-state index contributed by atoms with van der Waals surface area (Å²) in [4.78, 5) is 11.8. The van der Waals surface area contributed by atoms with Gasteiger partial charge in [-0.1, -0.05) is 41.9 Å². The fraction of sp³-hybridized carbons (Fsp3) is 0.278. The van der Waals surface area contributed by atoms with Crippen molar-refractivity contribution in [3.63, 3.8) is 0 Å². The van der Waals surface area contributed by atoms with E-state index in [1.54, 1.807) is 7.11 Å². The van der Waals surface area contributed by atoms with E-state index in [1.807, 2.05) is 48.5 Å². The zero-order valence-corrected chi connectivity index (χ0v) is 13.9. The molecule has 122 valence electrons. The van der Waals surface area contributed by atoms with Crippen molar-refractivity contribution in [1.82, 2.24) is 10.6 Å². The largest absolute Gasteiger partial charge is 0.496 e. The number of halogens is 1. The van der Waals surface area contributed by atoms with E-state index in [0.29, 0.717) is 18.1 Å². The molecule has 0 aliphatic rings. The van der Waals surface area contributed by atoms with Gasteiger partial charge in [0.05, 0.1) is 13.7 Å². The second-order valence-electron chi connectivity index (χ2n) is 5.14. The quantitative estimate of drug-likeness (QED) is 0.731. The lowest BCUT2D eigenvalue weighted by atomic mass is 10.1. The summed E-state index contributed by atoms with van der Waals surface area (Å²) >= 11 is 5.82. The van der Waals surface area contributed by atoms with Crippen LogP contribution in [0.2, 0.25) is 5.02 Å². The Bertz CT molecular complexity index is 629. The molecule has 0 fully saturated rings. The van der Waals surface area contributed by atoms with Gasteiger partial charge < -0.3 is 15.4 Å². The third-order valence-electron chi connectivity index (χ3n) is 3.45. The topological polar surface area (TPSA) is 50.4 Å². The molecule has 5 heteroatoms. The van der Waals surface area contributed by atoms with Crippen LogP contribution in [-0.4, -0.2) is 26.1 Å². The van der Waals surface area contributed by atoms with Crippen LogP contribution in [0.25, 0.3) is 0 Å². The van der Waals surface area contributed by atoms with Crippen molar-refractivity contribution in [2.45, 2.75) is 13.0 Å². The average molecular weight is 333 g/mol. The first-order valence-corrected chi connectivity index (χ1v) is 7.90. The number of carbonyl (C=O) groups excluding carboxylic acids is 1. The van der Waals surface area contributed by atoms with Crippen molar-refractivity contribution >= 4 is 17.5 Å². The number of benzene rings is 2.